The zero-order chi connectivity index (χ0) is 10.8. The van der Waals surface area contributed by atoms with E-state index in [4.69, 9.17) is 0 Å². The quantitative estimate of drug-likeness (QED) is 0.700. The number of alkyl halides is 4. The topological polar surface area (TPSA) is 17.8 Å². The van der Waals surface area contributed by atoms with Crippen LogP contribution in [0.5, 0.6) is 0 Å². The van der Waals surface area contributed by atoms with Gasteiger partial charge in [-0.1, -0.05) is 6.92 Å². The van der Waals surface area contributed by atoms with Crippen molar-refractivity contribution in [2.75, 3.05) is 6.67 Å². The average molecular weight is 210 g/mol. The fraction of sp³-hybridized carbons (Fsp3) is 0.625. The highest BCUT2D eigenvalue weighted by atomic mass is 19.4. The van der Waals surface area contributed by atoms with Gasteiger partial charge in [-0.3, -0.25) is 0 Å². The summed E-state index contributed by atoms with van der Waals surface area (Å²) in [6.45, 7) is 0.907. The lowest BCUT2D eigenvalue weighted by atomic mass is 10.4. The maximum Gasteiger partial charge on any atom is 0.434 e. The van der Waals surface area contributed by atoms with Crippen molar-refractivity contribution in [2.24, 2.45) is 0 Å². The number of aryl methyl sites for hydroxylation is 2. The third-order valence-electron chi connectivity index (χ3n) is 1.79. The number of imidazole rings is 1. The lowest BCUT2D eigenvalue weighted by Gasteiger charge is -2.00. The molecular weight excluding hydrogens is 200 g/mol. The molecule has 0 amide bonds. The van der Waals surface area contributed by atoms with Gasteiger partial charge in [0.05, 0.1) is 6.54 Å². The zero-order valence-corrected chi connectivity index (χ0v) is 7.60. The van der Waals surface area contributed by atoms with Crippen LogP contribution in [0.3, 0.4) is 0 Å². The number of hydrogen-bond acceptors (Lipinski definition) is 1. The Labute approximate surface area is 78.6 Å². The van der Waals surface area contributed by atoms with Crippen LogP contribution in [-0.2, 0) is 19.1 Å². The van der Waals surface area contributed by atoms with Crippen LogP contribution in [0.1, 0.15) is 18.4 Å². The molecule has 0 aliphatic carbocycles. The van der Waals surface area contributed by atoms with E-state index < -0.39 is 18.5 Å². The highest BCUT2D eigenvalue weighted by molar-refractivity contribution is 5.07. The standard InChI is InChI=1S/C8H10F4N2/c1-2-7-13-6(8(10,11)12)5-14(7)4-3-9/h5H,2-4H2,1H3. The van der Waals surface area contributed by atoms with Gasteiger partial charge in [-0.05, 0) is 0 Å². The minimum Gasteiger partial charge on any atom is -0.332 e. The normalized spacial score (nSPS) is 12.1. The van der Waals surface area contributed by atoms with Gasteiger partial charge in [-0.15, -0.1) is 0 Å². The summed E-state index contributed by atoms with van der Waals surface area (Å²) in [5.41, 5.74) is -0.956. The first-order valence-corrected chi connectivity index (χ1v) is 4.18. The van der Waals surface area contributed by atoms with Gasteiger partial charge in [0, 0.05) is 12.6 Å². The second-order valence-corrected chi connectivity index (χ2v) is 2.78. The van der Waals surface area contributed by atoms with Crippen molar-refractivity contribution < 1.29 is 17.6 Å². The SMILES string of the molecule is CCc1nc(C(F)(F)F)cn1CCF. The van der Waals surface area contributed by atoms with Crippen molar-refractivity contribution in [1.82, 2.24) is 9.55 Å². The van der Waals surface area contributed by atoms with E-state index in [1.54, 1.807) is 6.92 Å². The predicted molar refractivity (Wildman–Crippen MR) is 42.6 cm³/mol. The third kappa shape index (κ3) is 2.24. The number of nitrogens with zero attached hydrogens (tertiary/aromatic N) is 2. The highest BCUT2D eigenvalue weighted by Crippen LogP contribution is 2.28. The van der Waals surface area contributed by atoms with Crippen molar-refractivity contribution in [1.29, 1.82) is 0 Å². The summed E-state index contributed by atoms with van der Waals surface area (Å²) in [6, 6.07) is 0. The summed E-state index contributed by atoms with van der Waals surface area (Å²) >= 11 is 0. The third-order valence-corrected chi connectivity index (χ3v) is 1.79. The molecule has 14 heavy (non-hydrogen) atoms. The summed E-state index contributed by atoms with van der Waals surface area (Å²) in [4.78, 5) is 3.39. The van der Waals surface area contributed by atoms with Gasteiger partial charge in [0.1, 0.15) is 12.5 Å². The summed E-state index contributed by atoms with van der Waals surface area (Å²) < 4.78 is 49.7. The summed E-state index contributed by atoms with van der Waals surface area (Å²) in [5.74, 6) is 0.259. The fourth-order valence-corrected chi connectivity index (χ4v) is 1.16. The van der Waals surface area contributed by atoms with Gasteiger partial charge < -0.3 is 4.57 Å². The van der Waals surface area contributed by atoms with Crippen LogP contribution in [0.15, 0.2) is 6.20 Å². The summed E-state index contributed by atoms with van der Waals surface area (Å²) in [6.07, 6.45) is -3.25. The van der Waals surface area contributed by atoms with E-state index in [1.165, 1.54) is 4.57 Å². The molecule has 0 radical (unpaired) electrons. The van der Waals surface area contributed by atoms with E-state index in [0.29, 0.717) is 6.42 Å². The lowest BCUT2D eigenvalue weighted by molar-refractivity contribution is -0.141. The van der Waals surface area contributed by atoms with Crippen LogP contribution < -0.4 is 0 Å². The first kappa shape index (κ1) is 11.0. The Morgan fingerprint density at radius 1 is 1.43 bits per heavy atom. The van der Waals surface area contributed by atoms with Crippen LogP contribution in [0.25, 0.3) is 0 Å². The molecule has 0 spiro atoms. The monoisotopic (exact) mass is 210 g/mol. The van der Waals surface area contributed by atoms with Crippen LogP contribution in [-0.4, -0.2) is 16.2 Å². The van der Waals surface area contributed by atoms with E-state index in [1.807, 2.05) is 0 Å². The van der Waals surface area contributed by atoms with Gasteiger partial charge in [-0.25, -0.2) is 9.37 Å². The van der Waals surface area contributed by atoms with E-state index >= 15 is 0 Å². The Morgan fingerprint density at radius 2 is 2.07 bits per heavy atom. The molecule has 1 heterocycles. The largest absolute Gasteiger partial charge is 0.434 e. The highest BCUT2D eigenvalue weighted by Gasteiger charge is 2.34. The minimum atomic E-state index is -4.45. The summed E-state index contributed by atoms with van der Waals surface area (Å²) in [7, 11) is 0. The average Bonchev–Trinajstić information content (AvgIpc) is 2.47. The predicted octanol–water partition coefficient (Wildman–Crippen LogP) is 2.43. The Kier molecular flexibility index (Phi) is 3.13. The Balaban J connectivity index is 3.00. The van der Waals surface area contributed by atoms with E-state index in [9.17, 15) is 17.6 Å². The van der Waals surface area contributed by atoms with E-state index in [-0.39, 0.29) is 12.4 Å². The molecule has 0 unspecified atom stereocenters. The second-order valence-electron chi connectivity index (χ2n) is 2.78. The molecule has 0 aromatic carbocycles. The number of halogens is 4. The van der Waals surface area contributed by atoms with Gasteiger partial charge in [0.15, 0.2) is 5.69 Å². The summed E-state index contributed by atoms with van der Waals surface area (Å²) in [5, 5.41) is 0. The number of hydrogen-bond donors (Lipinski definition) is 0. The zero-order valence-electron chi connectivity index (χ0n) is 7.60. The van der Waals surface area contributed by atoms with Crippen molar-refractivity contribution in [3.63, 3.8) is 0 Å². The van der Waals surface area contributed by atoms with Crippen molar-refractivity contribution >= 4 is 0 Å². The van der Waals surface area contributed by atoms with Crippen LogP contribution in [0, 0.1) is 0 Å². The number of rotatable bonds is 3. The Hall–Kier alpha value is -1.07. The molecule has 80 valence electrons. The minimum absolute atomic E-state index is 0.0771. The van der Waals surface area contributed by atoms with Gasteiger partial charge in [0.2, 0.25) is 0 Å². The second kappa shape index (κ2) is 3.98. The molecule has 0 N–H and O–H groups in total. The molecule has 0 atom stereocenters. The van der Waals surface area contributed by atoms with E-state index in [0.717, 1.165) is 6.20 Å². The van der Waals surface area contributed by atoms with Gasteiger partial charge in [0.25, 0.3) is 0 Å². The molecule has 0 aliphatic rings. The van der Waals surface area contributed by atoms with Crippen LogP contribution >= 0.6 is 0 Å². The van der Waals surface area contributed by atoms with Crippen molar-refractivity contribution in [3.8, 4) is 0 Å². The fourth-order valence-electron chi connectivity index (χ4n) is 1.16. The molecule has 0 saturated heterocycles. The maximum absolute atomic E-state index is 12.2. The first-order valence-electron chi connectivity index (χ1n) is 4.18. The molecular formula is C8H10F4N2. The van der Waals surface area contributed by atoms with Gasteiger partial charge >= 0.3 is 6.18 Å². The van der Waals surface area contributed by atoms with Crippen molar-refractivity contribution in [2.45, 2.75) is 26.1 Å². The Bertz CT molecular complexity index is 303. The molecule has 0 aliphatic heterocycles. The molecule has 6 heteroatoms. The molecule has 0 fully saturated rings. The van der Waals surface area contributed by atoms with Gasteiger partial charge in [-0.2, -0.15) is 13.2 Å². The molecule has 1 rings (SSSR count). The smallest absolute Gasteiger partial charge is 0.332 e. The van der Waals surface area contributed by atoms with Crippen molar-refractivity contribution in [3.05, 3.63) is 17.7 Å². The molecule has 1 aromatic rings. The van der Waals surface area contributed by atoms with Crippen LogP contribution in [0.2, 0.25) is 0 Å². The lowest BCUT2D eigenvalue weighted by Crippen LogP contribution is -2.05. The molecule has 2 nitrogen and oxygen atoms in total. The first-order chi connectivity index (χ1) is 6.49. The maximum atomic E-state index is 12.2. The molecule has 0 bridgehead atoms. The Morgan fingerprint density at radius 3 is 2.50 bits per heavy atom. The van der Waals surface area contributed by atoms with E-state index in [2.05, 4.69) is 4.98 Å². The molecule has 0 saturated carbocycles. The molecule has 1 aromatic heterocycles. The number of aromatic nitrogens is 2. The van der Waals surface area contributed by atoms with Crippen LogP contribution in [0.4, 0.5) is 17.6 Å².